The summed E-state index contributed by atoms with van der Waals surface area (Å²) in [6.07, 6.45) is 1.06. The van der Waals surface area contributed by atoms with Gasteiger partial charge in [0.25, 0.3) is 0 Å². The van der Waals surface area contributed by atoms with Crippen LogP contribution in [0.4, 0.5) is 5.69 Å². The fourth-order valence-electron chi connectivity index (χ4n) is 0.981. The standard InChI is InChI=1S/C11H11NO4/c1-15-10(13)7-12-9-5-3-8(4-6-9)11(14)16-2/h3-7H,1-2H3. The number of aliphatic imine (C=N–C) groups is 1. The lowest BCUT2D eigenvalue weighted by Gasteiger charge is -1.98. The summed E-state index contributed by atoms with van der Waals surface area (Å²) in [5.41, 5.74) is 0.984. The highest BCUT2D eigenvalue weighted by molar-refractivity contribution is 6.23. The summed E-state index contributed by atoms with van der Waals surface area (Å²) < 4.78 is 8.93. The zero-order chi connectivity index (χ0) is 12.0. The van der Waals surface area contributed by atoms with E-state index in [4.69, 9.17) is 0 Å². The Bertz CT molecular complexity index is 408. The molecular formula is C11H11NO4. The molecule has 1 aromatic rings. The number of nitrogens with zero attached hydrogens (tertiary/aromatic N) is 1. The Labute approximate surface area is 92.7 Å². The Kier molecular flexibility index (Phi) is 4.20. The Morgan fingerprint density at radius 1 is 1.12 bits per heavy atom. The van der Waals surface area contributed by atoms with Gasteiger partial charge in [0.05, 0.1) is 25.5 Å². The van der Waals surface area contributed by atoms with E-state index in [1.54, 1.807) is 24.3 Å². The highest BCUT2D eigenvalue weighted by Gasteiger charge is 2.03. The second-order valence-electron chi connectivity index (χ2n) is 2.82. The third kappa shape index (κ3) is 3.20. The molecule has 0 N–H and O–H groups in total. The molecule has 0 aliphatic carbocycles. The number of benzene rings is 1. The molecule has 16 heavy (non-hydrogen) atoms. The van der Waals surface area contributed by atoms with Gasteiger partial charge in [-0.1, -0.05) is 0 Å². The predicted molar refractivity (Wildman–Crippen MR) is 57.9 cm³/mol. The van der Waals surface area contributed by atoms with Crippen LogP contribution in [0.3, 0.4) is 0 Å². The molecule has 1 aromatic carbocycles. The topological polar surface area (TPSA) is 65.0 Å². The number of esters is 2. The van der Waals surface area contributed by atoms with Gasteiger partial charge in [0.1, 0.15) is 6.21 Å². The first-order chi connectivity index (χ1) is 7.67. The predicted octanol–water partition coefficient (Wildman–Crippen LogP) is 1.35. The molecule has 5 nitrogen and oxygen atoms in total. The summed E-state index contributed by atoms with van der Waals surface area (Å²) in [6.45, 7) is 0. The summed E-state index contributed by atoms with van der Waals surface area (Å²) in [7, 11) is 2.58. The van der Waals surface area contributed by atoms with Crippen molar-refractivity contribution in [1.29, 1.82) is 0 Å². The van der Waals surface area contributed by atoms with E-state index in [0.717, 1.165) is 6.21 Å². The highest BCUT2D eigenvalue weighted by atomic mass is 16.5. The van der Waals surface area contributed by atoms with E-state index in [1.165, 1.54) is 14.2 Å². The van der Waals surface area contributed by atoms with Crippen molar-refractivity contribution in [2.75, 3.05) is 14.2 Å². The van der Waals surface area contributed by atoms with Crippen molar-refractivity contribution in [3.05, 3.63) is 29.8 Å². The Hall–Kier alpha value is -2.17. The Balaban J connectivity index is 2.75. The molecule has 0 heterocycles. The molecule has 0 atom stereocenters. The van der Waals surface area contributed by atoms with Gasteiger partial charge >= 0.3 is 11.9 Å². The maximum atomic E-state index is 11.1. The number of hydrogen-bond donors (Lipinski definition) is 0. The van der Waals surface area contributed by atoms with Crippen LogP contribution in [-0.4, -0.2) is 32.4 Å². The summed E-state index contributed by atoms with van der Waals surface area (Å²) in [5, 5.41) is 0. The average Bonchev–Trinajstić information content (AvgIpc) is 2.35. The number of carbonyl (C=O) groups is 2. The van der Waals surface area contributed by atoms with E-state index in [2.05, 4.69) is 14.5 Å². The van der Waals surface area contributed by atoms with Crippen molar-refractivity contribution < 1.29 is 19.1 Å². The van der Waals surface area contributed by atoms with Crippen LogP contribution < -0.4 is 0 Å². The Morgan fingerprint density at radius 2 is 1.75 bits per heavy atom. The third-order valence-electron chi connectivity index (χ3n) is 1.81. The molecule has 0 bridgehead atoms. The molecular weight excluding hydrogens is 210 g/mol. The lowest BCUT2D eigenvalue weighted by molar-refractivity contribution is -0.132. The first-order valence-electron chi connectivity index (χ1n) is 4.47. The van der Waals surface area contributed by atoms with E-state index in [-0.39, 0.29) is 0 Å². The lowest BCUT2D eigenvalue weighted by Crippen LogP contribution is -2.01. The van der Waals surface area contributed by atoms with Crippen molar-refractivity contribution in [3.63, 3.8) is 0 Å². The van der Waals surface area contributed by atoms with E-state index >= 15 is 0 Å². The fourth-order valence-corrected chi connectivity index (χ4v) is 0.981. The summed E-state index contributed by atoms with van der Waals surface area (Å²) in [5.74, 6) is -0.944. The van der Waals surface area contributed by atoms with Gasteiger partial charge in [-0.05, 0) is 24.3 Å². The van der Waals surface area contributed by atoms with E-state index in [1.807, 2.05) is 0 Å². The maximum Gasteiger partial charge on any atom is 0.349 e. The molecule has 0 spiro atoms. The number of hydrogen-bond acceptors (Lipinski definition) is 5. The molecule has 5 heteroatoms. The van der Waals surface area contributed by atoms with Crippen molar-refractivity contribution in [3.8, 4) is 0 Å². The van der Waals surface area contributed by atoms with Crippen LogP contribution in [0.15, 0.2) is 29.3 Å². The van der Waals surface area contributed by atoms with Crippen molar-refractivity contribution in [2.24, 2.45) is 4.99 Å². The van der Waals surface area contributed by atoms with Crippen LogP contribution in [0.1, 0.15) is 10.4 Å². The zero-order valence-corrected chi connectivity index (χ0v) is 8.97. The number of carbonyl (C=O) groups excluding carboxylic acids is 2. The number of ether oxygens (including phenoxy) is 2. The molecule has 0 unspecified atom stereocenters. The van der Waals surface area contributed by atoms with Crippen molar-refractivity contribution in [1.82, 2.24) is 0 Å². The van der Waals surface area contributed by atoms with Gasteiger partial charge < -0.3 is 9.47 Å². The first-order valence-corrected chi connectivity index (χ1v) is 4.47. The smallest absolute Gasteiger partial charge is 0.349 e. The minimum Gasteiger partial charge on any atom is -0.465 e. The van der Waals surface area contributed by atoms with Crippen molar-refractivity contribution in [2.45, 2.75) is 0 Å². The van der Waals surface area contributed by atoms with Crippen LogP contribution in [-0.2, 0) is 14.3 Å². The van der Waals surface area contributed by atoms with Crippen LogP contribution in [0, 0.1) is 0 Å². The molecule has 1 rings (SSSR count). The Morgan fingerprint density at radius 3 is 2.25 bits per heavy atom. The SMILES string of the molecule is COC(=O)C=Nc1ccc(C(=O)OC)cc1. The van der Waals surface area contributed by atoms with Crippen LogP contribution in [0.2, 0.25) is 0 Å². The second-order valence-corrected chi connectivity index (χ2v) is 2.82. The molecule has 0 aliphatic rings. The lowest BCUT2D eigenvalue weighted by atomic mass is 10.2. The number of methoxy groups -OCH3 is 2. The average molecular weight is 221 g/mol. The number of rotatable bonds is 3. The van der Waals surface area contributed by atoms with Gasteiger partial charge in [0.2, 0.25) is 0 Å². The summed E-state index contributed by atoms with van der Waals surface area (Å²) in [6, 6.07) is 6.34. The van der Waals surface area contributed by atoms with E-state index in [0.29, 0.717) is 11.3 Å². The van der Waals surface area contributed by atoms with E-state index in [9.17, 15) is 9.59 Å². The fraction of sp³-hybridized carbons (Fsp3) is 0.182. The first kappa shape index (κ1) is 11.9. The molecule has 0 amide bonds. The quantitative estimate of drug-likeness (QED) is 0.570. The van der Waals surface area contributed by atoms with Gasteiger partial charge in [0.15, 0.2) is 0 Å². The molecule has 0 aromatic heterocycles. The van der Waals surface area contributed by atoms with Crippen molar-refractivity contribution >= 4 is 23.8 Å². The van der Waals surface area contributed by atoms with E-state index < -0.39 is 11.9 Å². The summed E-state index contributed by atoms with van der Waals surface area (Å²) >= 11 is 0. The maximum absolute atomic E-state index is 11.1. The normalized spacial score (nSPS) is 10.1. The molecule has 84 valence electrons. The minimum atomic E-state index is -0.531. The molecule has 0 saturated heterocycles. The third-order valence-corrected chi connectivity index (χ3v) is 1.81. The molecule has 0 aliphatic heterocycles. The van der Waals surface area contributed by atoms with Gasteiger partial charge in [-0.15, -0.1) is 0 Å². The highest BCUT2D eigenvalue weighted by Crippen LogP contribution is 2.12. The van der Waals surface area contributed by atoms with Crippen LogP contribution in [0.25, 0.3) is 0 Å². The van der Waals surface area contributed by atoms with Gasteiger partial charge in [0, 0.05) is 0 Å². The molecule has 0 saturated carbocycles. The molecule has 0 radical (unpaired) electrons. The van der Waals surface area contributed by atoms with Gasteiger partial charge in [-0.2, -0.15) is 0 Å². The van der Waals surface area contributed by atoms with Crippen LogP contribution in [0.5, 0.6) is 0 Å². The largest absolute Gasteiger partial charge is 0.465 e. The second kappa shape index (κ2) is 5.65. The van der Waals surface area contributed by atoms with Gasteiger partial charge in [-0.3, -0.25) is 0 Å². The van der Waals surface area contributed by atoms with Crippen LogP contribution >= 0.6 is 0 Å². The molecule has 0 fully saturated rings. The summed E-state index contributed by atoms with van der Waals surface area (Å²) in [4.78, 5) is 25.7. The van der Waals surface area contributed by atoms with Gasteiger partial charge in [-0.25, -0.2) is 14.6 Å². The zero-order valence-electron chi connectivity index (χ0n) is 8.97. The monoisotopic (exact) mass is 221 g/mol. The minimum absolute atomic E-state index is 0.413.